The Bertz CT molecular complexity index is 576. The van der Waals surface area contributed by atoms with E-state index in [0.29, 0.717) is 29.7 Å². The topological polar surface area (TPSA) is 34.0 Å². The summed E-state index contributed by atoms with van der Waals surface area (Å²) < 4.78 is 2.35. The van der Waals surface area contributed by atoms with Crippen molar-refractivity contribution in [3.8, 4) is 0 Å². The molecule has 3 rings (SSSR count). The van der Waals surface area contributed by atoms with E-state index >= 15 is 0 Å². The molecule has 2 unspecified atom stereocenters. The van der Waals surface area contributed by atoms with Crippen LogP contribution in [0, 0.1) is 23.7 Å². The summed E-state index contributed by atoms with van der Waals surface area (Å²) in [5, 5.41) is 3.51. The van der Waals surface area contributed by atoms with Crippen molar-refractivity contribution in [2.45, 2.75) is 84.7 Å². The van der Waals surface area contributed by atoms with Crippen LogP contribution in [0.5, 0.6) is 0 Å². The monoisotopic (exact) mass is 344 g/mol. The van der Waals surface area contributed by atoms with Gasteiger partial charge in [-0.05, 0) is 55.6 Å². The smallest absolute Gasteiger partial charge is 0.224 e. The normalized spacial score (nSPS) is 32.4. The van der Waals surface area contributed by atoms with Gasteiger partial charge in [-0.25, -0.2) is 0 Å². The number of rotatable bonds is 5. The molecule has 5 atom stereocenters. The summed E-state index contributed by atoms with van der Waals surface area (Å²) in [5.74, 6) is 2.86. The molecular formula is C22H36N2O. The van der Waals surface area contributed by atoms with E-state index < -0.39 is 0 Å². The lowest BCUT2D eigenvalue weighted by molar-refractivity contribution is -0.128. The first kappa shape index (κ1) is 18.5. The molecule has 140 valence electrons. The number of nitrogens with zero attached hydrogens (tertiary/aromatic N) is 1. The molecule has 1 aromatic heterocycles. The van der Waals surface area contributed by atoms with Crippen LogP contribution in [0.4, 0.5) is 0 Å². The van der Waals surface area contributed by atoms with Crippen LogP contribution in [0.2, 0.25) is 0 Å². The first-order valence-corrected chi connectivity index (χ1v) is 10.5. The number of carbonyl (C=O) groups excluding carboxylic acids is 1. The quantitative estimate of drug-likeness (QED) is 0.804. The maximum absolute atomic E-state index is 13.2. The van der Waals surface area contributed by atoms with Crippen molar-refractivity contribution in [2.75, 3.05) is 0 Å². The second-order valence-corrected chi connectivity index (χ2v) is 8.86. The molecule has 1 saturated carbocycles. The average Bonchev–Trinajstić information content (AvgIpc) is 3.04. The average molecular weight is 345 g/mol. The van der Waals surface area contributed by atoms with Crippen LogP contribution in [-0.4, -0.2) is 16.5 Å². The standard InChI is InChI=1S/C22H36N2O/c1-5-7-18-19(11-13-24-12-6-8-21(18)24)22(25)23-20-14-16(4)9-10-17(20)15(2)3/h6,8,12,15-20H,5,7,9-11,13-14H2,1-4H3,(H,23,25)/t16-,17+,18?,19?,20-/m1/s1. The Balaban J connectivity index is 1.73. The summed E-state index contributed by atoms with van der Waals surface area (Å²) in [6.45, 7) is 10.2. The lowest BCUT2D eigenvalue weighted by Crippen LogP contribution is -2.49. The van der Waals surface area contributed by atoms with E-state index in [1.165, 1.54) is 18.5 Å². The molecule has 1 N–H and O–H groups in total. The Labute approximate surface area is 153 Å². The van der Waals surface area contributed by atoms with Gasteiger partial charge in [-0.1, -0.05) is 40.5 Å². The van der Waals surface area contributed by atoms with E-state index in [0.717, 1.165) is 38.1 Å². The minimum absolute atomic E-state index is 0.146. The molecule has 0 spiro atoms. The van der Waals surface area contributed by atoms with Gasteiger partial charge in [0.15, 0.2) is 0 Å². The minimum atomic E-state index is 0.146. The highest BCUT2D eigenvalue weighted by molar-refractivity contribution is 5.80. The van der Waals surface area contributed by atoms with E-state index in [4.69, 9.17) is 0 Å². The van der Waals surface area contributed by atoms with Gasteiger partial charge in [0.25, 0.3) is 0 Å². The molecule has 1 aliphatic carbocycles. The lowest BCUT2D eigenvalue weighted by atomic mass is 9.73. The summed E-state index contributed by atoms with van der Waals surface area (Å²) in [4.78, 5) is 13.2. The number of nitrogens with one attached hydrogen (secondary N) is 1. The van der Waals surface area contributed by atoms with Crippen LogP contribution in [0.3, 0.4) is 0 Å². The fourth-order valence-corrected chi connectivity index (χ4v) is 5.28. The van der Waals surface area contributed by atoms with Gasteiger partial charge in [0, 0.05) is 36.3 Å². The van der Waals surface area contributed by atoms with Crippen LogP contribution in [0.15, 0.2) is 18.3 Å². The predicted molar refractivity (Wildman–Crippen MR) is 103 cm³/mol. The van der Waals surface area contributed by atoms with Crippen molar-refractivity contribution in [2.24, 2.45) is 23.7 Å². The Kier molecular flexibility index (Phi) is 5.91. The van der Waals surface area contributed by atoms with E-state index in [2.05, 4.69) is 55.9 Å². The van der Waals surface area contributed by atoms with Crippen molar-refractivity contribution < 1.29 is 4.79 Å². The fourth-order valence-electron chi connectivity index (χ4n) is 5.28. The van der Waals surface area contributed by atoms with E-state index in [9.17, 15) is 4.79 Å². The van der Waals surface area contributed by atoms with Crippen LogP contribution >= 0.6 is 0 Å². The Hall–Kier alpha value is -1.25. The van der Waals surface area contributed by atoms with Gasteiger partial charge in [-0.15, -0.1) is 0 Å². The largest absolute Gasteiger partial charge is 0.353 e. The van der Waals surface area contributed by atoms with E-state index in [-0.39, 0.29) is 5.92 Å². The van der Waals surface area contributed by atoms with Gasteiger partial charge < -0.3 is 9.88 Å². The second-order valence-electron chi connectivity index (χ2n) is 8.86. The molecule has 2 aliphatic rings. The minimum Gasteiger partial charge on any atom is -0.353 e. The number of carbonyl (C=O) groups is 1. The first-order chi connectivity index (χ1) is 12.0. The number of aromatic nitrogens is 1. The molecule has 1 fully saturated rings. The molecule has 1 aliphatic heterocycles. The van der Waals surface area contributed by atoms with Crippen molar-refractivity contribution in [1.82, 2.24) is 9.88 Å². The van der Waals surface area contributed by atoms with Gasteiger partial charge in [0.2, 0.25) is 5.91 Å². The highest BCUT2D eigenvalue weighted by Gasteiger charge is 2.37. The van der Waals surface area contributed by atoms with Crippen LogP contribution < -0.4 is 5.32 Å². The molecule has 2 heterocycles. The Morgan fingerprint density at radius 3 is 2.84 bits per heavy atom. The van der Waals surface area contributed by atoms with Crippen molar-refractivity contribution in [1.29, 1.82) is 0 Å². The molecule has 0 radical (unpaired) electrons. The summed E-state index contributed by atoms with van der Waals surface area (Å²) >= 11 is 0. The van der Waals surface area contributed by atoms with Crippen molar-refractivity contribution >= 4 is 5.91 Å². The molecular weight excluding hydrogens is 308 g/mol. The number of amides is 1. The van der Waals surface area contributed by atoms with Gasteiger partial charge in [-0.2, -0.15) is 0 Å². The maximum atomic E-state index is 13.2. The third-order valence-corrected chi connectivity index (χ3v) is 6.70. The van der Waals surface area contributed by atoms with Gasteiger partial charge in [0.05, 0.1) is 0 Å². The molecule has 3 heteroatoms. The van der Waals surface area contributed by atoms with Crippen molar-refractivity contribution in [3.63, 3.8) is 0 Å². The maximum Gasteiger partial charge on any atom is 0.224 e. The Morgan fingerprint density at radius 1 is 1.32 bits per heavy atom. The number of hydrogen-bond acceptors (Lipinski definition) is 1. The molecule has 25 heavy (non-hydrogen) atoms. The Morgan fingerprint density at radius 2 is 2.12 bits per heavy atom. The molecule has 0 saturated heterocycles. The van der Waals surface area contributed by atoms with Crippen LogP contribution in [0.1, 0.15) is 77.8 Å². The zero-order valence-electron chi connectivity index (χ0n) is 16.5. The van der Waals surface area contributed by atoms with Gasteiger partial charge in [-0.3, -0.25) is 4.79 Å². The summed E-state index contributed by atoms with van der Waals surface area (Å²) in [7, 11) is 0. The SMILES string of the molecule is CCCC1c2cccn2CCC1C(=O)N[C@@H]1C[C@H](C)CC[C@H]1C(C)C. The zero-order valence-corrected chi connectivity index (χ0v) is 16.5. The fraction of sp³-hybridized carbons (Fsp3) is 0.773. The number of aryl methyl sites for hydroxylation is 1. The molecule has 0 aromatic carbocycles. The third kappa shape index (κ3) is 3.96. The van der Waals surface area contributed by atoms with Crippen LogP contribution in [-0.2, 0) is 11.3 Å². The molecule has 1 amide bonds. The summed E-state index contributed by atoms with van der Waals surface area (Å²) in [5.41, 5.74) is 1.37. The molecule has 1 aromatic rings. The van der Waals surface area contributed by atoms with Gasteiger partial charge >= 0.3 is 0 Å². The highest BCUT2D eigenvalue weighted by Crippen LogP contribution is 2.38. The third-order valence-electron chi connectivity index (χ3n) is 6.70. The molecule has 3 nitrogen and oxygen atoms in total. The molecule has 0 bridgehead atoms. The highest BCUT2D eigenvalue weighted by atomic mass is 16.2. The number of fused-ring (bicyclic) bond motifs is 1. The summed E-state index contributed by atoms with van der Waals surface area (Å²) in [6.07, 6.45) is 9.11. The van der Waals surface area contributed by atoms with Gasteiger partial charge in [0.1, 0.15) is 0 Å². The first-order valence-electron chi connectivity index (χ1n) is 10.5. The van der Waals surface area contributed by atoms with Crippen molar-refractivity contribution in [3.05, 3.63) is 24.0 Å². The predicted octanol–water partition coefficient (Wildman–Crippen LogP) is 4.97. The summed E-state index contributed by atoms with van der Waals surface area (Å²) in [6, 6.07) is 4.72. The number of hydrogen-bond donors (Lipinski definition) is 1. The van der Waals surface area contributed by atoms with E-state index in [1.54, 1.807) is 0 Å². The van der Waals surface area contributed by atoms with Crippen LogP contribution in [0.25, 0.3) is 0 Å². The lowest BCUT2D eigenvalue weighted by Gasteiger charge is -2.40. The van der Waals surface area contributed by atoms with E-state index in [1.807, 2.05) is 0 Å². The zero-order chi connectivity index (χ0) is 18.0. The second kappa shape index (κ2) is 7.97.